The standard InChI is InChI=1S/C15H12N2O/c16-11-12-4-6-13(7-5-12)15(18)9-8-14-3-1-2-10-17-14/h1-7,10H,8-9H2. The van der Waals surface area contributed by atoms with Crippen molar-refractivity contribution in [2.45, 2.75) is 12.8 Å². The molecule has 0 unspecified atom stereocenters. The minimum atomic E-state index is 0.0742. The van der Waals surface area contributed by atoms with Crippen LogP contribution in [0.25, 0.3) is 0 Å². The highest BCUT2D eigenvalue weighted by Crippen LogP contribution is 2.08. The van der Waals surface area contributed by atoms with Crippen LogP contribution < -0.4 is 0 Å². The highest BCUT2D eigenvalue weighted by molar-refractivity contribution is 5.96. The smallest absolute Gasteiger partial charge is 0.163 e. The Kier molecular flexibility index (Phi) is 3.83. The number of aryl methyl sites for hydroxylation is 1. The summed E-state index contributed by atoms with van der Waals surface area (Å²) in [4.78, 5) is 16.1. The van der Waals surface area contributed by atoms with Crippen molar-refractivity contribution in [2.24, 2.45) is 0 Å². The summed E-state index contributed by atoms with van der Waals surface area (Å²) < 4.78 is 0. The van der Waals surface area contributed by atoms with Crippen molar-refractivity contribution in [3.05, 3.63) is 65.5 Å². The molecule has 3 nitrogen and oxygen atoms in total. The van der Waals surface area contributed by atoms with E-state index >= 15 is 0 Å². The molecule has 0 amide bonds. The Balaban J connectivity index is 1.98. The van der Waals surface area contributed by atoms with E-state index in [9.17, 15) is 4.79 Å². The Morgan fingerprint density at radius 2 is 1.94 bits per heavy atom. The molecule has 2 rings (SSSR count). The number of ketones is 1. The monoisotopic (exact) mass is 236 g/mol. The van der Waals surface area contributed by atoms with Crippen molar-refractivity contribution in [3.8, 4) is 6.07 Å². The number of carbonyl (C=O) groups excluding carboxylic acids is 1. The molecule has 1 aromatic carbocycles. The van der Waals surface area contributed by atoms with Crippen LogP contribution in [-0.4, -0.2) is 10.8 Å². The van der Waals surface area contributed by atoms with Crippen molar-refractivity contribution >= 4 is 5.78 Å². The Morgan fingerprint density at radius 1 is 1.17 bits per heavy atom. The molecule has 0 aliphatic heterocycles. The topological polar surface area (TPSA) is 53.8 Å². The van der Waals surface area contributed by atoms with Crippen molar-refractivity contribution in [2.75, 3.05) is 0 Å². The van der Waals surface area contributed by atoms with Crippen LogP contribution in [0.15, 0.2) is 48.7 Å². The van der Waals surface area contributed by atoms with Crippen molar-refractivity contribution in [3.63, 3.8) is 0 Å². The van der Waals surface area contributed by atoms with E-state index in [4.69, 9.17) is 5.26 Å². The molecule has 0 radical (unpaired) electrons. The zero-order valence-electron chi connectivity index (χ0n) is 9.84. The lowest BCUT2D eigenvalue weighted by Crippen LogP contribution is -2.02. The Morgan fingerprint density at radius 3 is 2.56 bits per heavy atom. The SMILES string of the molecule is N#Cc1ccc(C(=O)CCc2ccccn2)cc1. The van der Waals surface area contributed by atoms with Gasteiger partial charge in [0.2, 0.25) is 0 Å². The molecule has 3 heteroatoms. The van der Waals surface area contributed by atoms with Gasteiger partial charge in [-0.2, -0.15) is 5.26 Å². The van der Waals surface area contributed by atoms with Gasteiger partial charge in [-0.05, 0) is 30.7 Å². The molecule has 2 aromatic rings. The number of hydrogen-bond acceptors (Lipinski definition) is 3. The minimum absolute atomic E-state index is 0.0742. The first-order valence-corrected chi connectivity index (χ1v) is 5.73. The summed E-state index contributed by atoms with van der Waals surface area (Å²) in [7, 11) is 0. The first-order chi connectivity index (χ1) is 8.79. The first-order valence-electron chi connectivity index (χ1n) is 5.73. The molecule has 0 saturated carbocycles. The predicted octanol–water partition coefficient (Wildman–Crippen LogP) is 2.77. The van der Waals surface area contributed by atoms with Crippen LogP contribution in [0.1, 0.15) is 28.0 Å². The van der Waals surface area contributed by atoms with Gasteiger partial charge < -0.3 is 0 Å². The molecule has 88 valence electrons. The fraction of sp³-hybridized carbons (Fsp3) is 0.133. The minimum Gasteiger partial charge on any atom is -0.294 e. The molecule has 18 heavy (non-hydrogen) atoms. The van der Waals surface area contributed by atoms with E-state index in [0.717, 1.165) is 5.69 Å². The van der Waals surface area contributed by atoms with E-state index in [2.05, 4.69) is 4.98 Å². The van der Waals surface area contributed by atoms with Gasteiger partial charge in [-0.15, -0.1) is 0 Å². The second-order valence-electron chi connectivity index (χ2n) is 3.93. The van der Waals surface area contributed by atoms with Crippen LogP contribution in [0.2, 0.25) is 0 Å². The summed E-state index contributed by atoms with van der Waals surface area (Å²) in [5, 5.41) is 8.68. The van der Waals surface area contributed by atoms with Gasteiger partial charge in [-0.3, -0.25) is 9.78 Å². The number of pyridine rings is 1. The number of aromatic nitrogens is 1. The van der Waals surface area contributed by atoms with Crippen LogP contribution in [0.3, 0.4) is 0 Å². The van der Waals surface area contributed by atoms with Crippen molar-refractivity contribution in [1.29, 1.82) is 5.26 Å². The molecule has 0 N–H and O–H groups in total. The number of nitrogens with zero attached hydrogens (tertiary/aromatic N) is 2. The summed E-state index contributed by atoms with van der Waals surface area (Å²) in [5.41, 5.74) is 2.13. The largest absolute Gasteiger partial charge is 0.294 e. The van der Waals surface area contributed by atoms with Gasteiger partial charge in [0.25, 0.3) is 0 Å². The quantitative estimate of drug-likeness (QED) is 0.767. The molecule has 1 heterocycles. The van der Waals surface area contributed by atoms with Gasteiger partial charge in [-0.1, -0.05) is 18.2 Å². The lowest BCUT2D eigenvalue weighted by Gasteiger charge is -2.01. The van der Waals surface area contributed by atoms with Crippen LogP contribution >= 0.6 is 0 Å². The highest BCUT2D eigenvalue weighted by Gasteiger charge is 2.06. The molecule has 0 aliphatic carbocycles. The van der Waals surface area contributed by atoms with Crippen molar-refractivity contribution in [1.82, 2.24) is 4.98 Å². The van der Waals surface area contributed by atoms with Gasteiger partial charge in [0.15, 0.2) is 5.78 Å². The number of Topliss-reactive ketones (excluding diaryl/α,β-unsaturated/α-hetero) is 1. The first kappa shape index (κ1) is 12.0. The summed E-state index contributed by atoms with van der Waals surface area (Å²) >= 11 is 0. The molecule has 0 bridgehead atoms. The van der Waals surface area contributed by atoms with E-state index in [1.807, 2.05) is 24.3 Å². The average Bonchev–Trinajstić information content (AvgIpc) is 2.46. The predicted molar refractivity (Wildman–Crippen MR) is 68.0 cm³/mol. The third kappa shape index (κ3) is 3.02. The maximum absolute atomic E-state index is 11.9. The second kappa shape index (κ2) is 5.74. The van der Waals surface area contributed by atoms with Gasteiger partial charge in [0.1, 0.15) is 0 Å². The number of carbonyl (C=O) groups is 1. The zero-order chi connectivity index (χ0) is 12.8. The molecule has 0 saturated heterocycles. The van der Waals surface area contributed by atoms with Crippen LogP contribution in [0, 0.1) is 11.3 Å². The number of hydrogen-bond donors (Lipinski definition) is 0. The maximum atomic E-state index is 11.9. The summed E-state index contributed by atoms with van der Waals surface area (Å²) in [6.45, 7) is 0. The van der Waals surface area contributed by atoms with E-state index in [1.165, 1.54) is 0 Å². The summed E-state index contributed by atoms with van der Waals surface area (Å²) in [5.74, 6) is 0.0742. The Bertz CT molecular complexity index is 568. The average molecular weight is 236 g/mol. The molecular weight excluding hydrogens is 224 g/mol. The second-order valence-corrected chi connectivity index (χ2v) is 3.93. The van der Waals surface area contributed by atoms with Gasteiger partial charge >= 0.3 is 0 Å². The molecule has 0 aliphatic rings. The van der Waals surface area contributed by atoms with Gasteiger partial charge in [0, 0.05) is 23.9 Å². The normalized spacial score (nSPS) is 9.72. The molecule has 0 fully saturated rings. The van der Waals surface area contributed by atoms with Crippen LogP contribution in [0.5, 0.6) is 0 Å². The highest BCUT2D eigenvalue weighted by atomic mass is 16.1. The lowest BCUT2D eigenvalue weighted by atomic mass is 10.0. The maximum Gasteiger partial charge on any atom is 0.163 e. The fourth-order valence-electron chi connectivity index (χ4n) is 1.66. The van der Waals surface area contributed by atoms with Crippen LogP contribution in [0.4, 0.5) is 0 Å². The van der Waals surface area contributed by atoms with E-state index in [0.29, 0.717) is 24.0 Å². The van der Waals surface area contributed by atoms with E-state index in [-0.39, 0.29) is 5.78 Å². The molecule has 0 spiro atoms. The van der Waals surface area contributed by atoms with Crippen LogP contribution in [-0.2, 0) is 6.42 Å². The number of nitriles is 1. The third-order valence-electron chi connectivity index (χ3n) is 2.67. The molecular formula is C15H12N2O. The zero-order valence-corrected chi connectivity index (χ0v) is 9.84. The van der Waals surface area contributed by atoms with E-state index in [1.54, 1.807) is 30.5 Å². The Hall–Kier alpha value is -2.47. The van der Waals surface area contributed by atoms with Crippen molar-refractivity contribution < 1.29 is 4.79 Å². The summed E-state index contributed by atoms with van der Waals surface area (Å²) in [6.07, 6.45) is 2.80. The lowest BCUT2D eigenvalue weighted by molar-refractivity contribution is 0.0982. The van der Waals surface area contributed by atoms with E-state index < -0.39 is 0 Å². The fourth-order valence-corrected chi connectivity index (χ4v) is 1.66. The van der Waals surface area contributed by atoms with Gasteiger partial charge in [-0.25, -0.2) is 0 Å². The van der Waals surface area contributed by atoms with Gasteiger partial charge in [0.05, 0.1) is 11.6 Å². The summed E-state index contributed by atoms with van der Waals surface area (Å²) in [6, 6.07) is 14.4. The molecule has 1 aromatic heterocycles. The Labute approximate surface area is 106 Å². The number of rotatable bonds is 4. The third-order valence-corrected chi connectivity index (χ3v) is 2.67. The number of benzene rings is 1. The molecule has 0 atom stereocenters.